The lowest BCUT2D eigenvalue weighted by Gasteiger charge is -2.02. The molecule has 1 heterocycles. The van der Waals surface area contributed by atoms with Gasteiger partial charge >= 0.3 is 0 Å². The summed E-state index contributed by atoms with van der Waals surface area (Å²) in [5, 5.41) is 8.66. The number of aryl methyl sites for hydroxylation is 1. The number of thioether (sulfide) groups is 1. The number of benzene rings is 1. The van der Waals surface area contributed by atoms with Crippen LogP contribution >= 0.6 is 11.8 Å². The van der Waals surface area contributed by atoms with E-state index in [1.165, 1.54) is 11.1 Å². The number of hydrogen-bond acceptors (Lipinski definition) is 4. The topological polar surface area (TPSA) is 56.7 Å². The molecule has 0 atom stereocenters. The van der Waals surface area contributed by atoms with Crippen LogP contribution in [0.15, 0.2) is 29.4 Å². The third-order valence-corrected chi connectivity index (χ3v) is 3.45. The summed E-state index contributed by atoms with van der Waals surface area (Å²) in [7, 11) is 1.87. The van der Waals surface area contributed by atoms with Gasteiger partial charge in [-0.25, -0.2) is 0 Å². The lowest BCUT2D eigenvalue weighted by molar-refractivity contribution is 0.796. The molecule has 2 N–H and O–H groups in total. The summed E-state index contributed by atoms with van der Waals surface area (Å²) in [6.45, 7) is 2.08. The lowest BCUT2D eigenvalue weighted by atomic mass is 10.2. The fourth-order valence-electron chi connectivity index (χ4n) is 1.28. The van der Waals surface area contributed by atoms with Gasteiger partial charge in [0.25, 0.3) is 0 Å². The molecule has 0 bridgehead atoms. The maximum Gasteiger partial charge on any atom is 0.222 e. The van der Waals surface area contributed by atoms with Crippen molar-refractivity contribution in [2.45, 2.75) is 17.8 Å². The summed E-state index contributed by atoms with van der Waals surface area (Å²) < 4.78 is 1.79. The third kappa shape index (κ3) is 2.36. The molecule has 0 aliphatic heterocycles. The molecular weight excluding hydrogens is 220 g/mol. The van der Waals surface area contributed by atoms with Gasteiger partial charge in [0.15, 0.2) is 5.16 Å². The highest BCUT2D eigenvalue weighted by Crippen LogP contribution is 2.21. The molecule has 0 unspecified atom stereocenters. The largest absolute Gasteiger partial charge is 0.368 e. The van der Waals surface area contributed by atoms with Gasteiger partial charge in [-0.15, -0.1) is 10.2 Å². The van der Waals surface area contributed by atoms with E-state index < -0.39 is 0 Å². The van der Waals surface area contributed by atoms with E-state index >= 15 is 0 Å². The summed E-state index contributed by atoms with van der Waals surface area (Å²) in [5.41, 5.74) is 8.16. The minimum Gasteiger partial charge on any atom is -0.368 e. The Balaban J connectivity index is 2.02. The molecule has 0 radical (unpaired) electrons. The van der Waals surface area contributed by atoms with Gasteiger partial charge in [-0.2, -0.15) is 0 Å². The van der Waals surface area contributed by atoms with E-state index in [-0.39, 0.29) is 0 Å². The van der Waals surface area contributed by atoms with Crippen molar-refractivity contribution in [3.8, 4) is 0 Å². The fraction of sp³-hybridized carbons (Fsp3) is 0.273. The van der Waals surface area contributed by atoms with Crippen LogP contribution < -0.4 is 5.73 Å². The van der Waals surface area contributed by atoms with Crippen LogP contribution in [-0.2, 0) is 12.8 Å². The Morgan fingerprint density at radius 1 is 1.25 bits per heavy atom. The minimum atomic E-state index is 0.450. The van der Waals surface area contributed by atoms with Crippen LogP contribution in [0.5, 0.6) is 0 Å². The maximum atomic E-state index is 5.61. The standard InChI is InChI=1S/C11H14N4S/c1-8-3-5-9(6-4-8)7-16-11-14-13-10(12)15(11)2/h3-6H,7H2,1-2H3,(H2,12,13). The summed E-state index contributed by atoms with van der Waals surface area (Å²) in [4.78, 5) is 0. The Bertz CT molecular complexity index is 475. The van der Waals surface area contributed by atoms with Gasteiger partial charge in [-0.1, -0.05) is 41.6 Å². The smallest absolute Gasteiger partial charge is 0.222 e. The molecule has 0 fully saturated rings. The molecule has 16 heavy (non-hydrogen) atoms. The van der Waals surface area contributed by atoms with Crippen LogP contribution in [-0.4, -0.2) is 14.8 Å². The molecule has 4 nitrogen and oxygen atoms in total. The molecule has 5 heteroatoms. The van der Waals surface area contributed by atoms with Crippen molar-refractivity contribution in [2.75, 3.05) is 5.73 Å². The number of nitrogen functional groups attached to an aromatic ring is 1. The van der Waals surface area contributed by atoms with Crippen LogP contribution in [0.2, 0.25) is 0 Å². The zero-order valence-electron chi connectivity index (χ0n) is 9.34. The number of nitrogens with zero attached hydrogens (tertiary/aromatic N) is 3. The van der Waals surface area contributed by atoms with Crippen molar-refractivity contribution >= 4 is 17.7 Å². The van der Waals surface area contributed by atoms with Crippen LogP contribution in [0.25, 0.3) is 0 Å². The second-order valence-electron chi connectivity index (χ2n) is 3.67. The molecule has 0 amide bonds. The molecule has 0 aliphatic carbocycles. The number of anilines is 1. The summed E-state index contributed by atoms with van der Waals surface area (Å²) >= 11 is 1.64. The molecule has 1 aromatic heterocycles. The van der Waals surface area contributed by atoms with Crippen molar-refractivity contribution in [1.82, 2.24) is 14.8 Å². The molecule has 84 valence electrons. The number of aromatic nitrogens is 3. The average molecular weight is 234 g/mol. The Morgan fingerprint density at radius 3 is 2.50 bits per heavy atom. The minimum absolute atomic E-state index is 0.450. The van der Waals surface area contributed by atoms with E-state index in [1.54, 1.807) is 16.3 Å². The van der Waals surface area contributed by atoms with E-state index in [0.717, 1.165) is 10.9 Å². The first-order valence-corrected chi connectivity index (χ1v) is 5.98. The van der Waals surface area contributed by atoms with Crippen molar-refractivity contribution in [1.29, 1.82) is 0 Å². The van der Waals surface area contributed by atoms with Gasteiger partial charge in [0.05, 0.1) is 0 Å². The van der Waals surface area contributed by atoms with E-state index in [4.69, 9.17) is 5.73 Å². The molecule has 2 aromatic rings. The van der Waals surface area contributed by atoms with Gasteiger partial charge in [0.2, 0.25) is 5.95 Å². The van der Waals surface area contributed by atoms with Gasteiger partial charge in [0, 0.05) is 12.8 Å². The SMILES string of the molecule is Cc1ccc(CSc2nnc(N)n2C)cc1. The highest BCUT2D eigenvalue weighted by atomic mass is 32.2. The first-order valence-electron chi connectivity index (χ1n) is 5.00. The first-order chi connectivity index (χ1) is 7.66. The van der Waals surface area contributed by atoms with E-state index in [1.807, 2.05) is 7.05 Å². The monoisotopic (exact) mass is 234 g/mol. The van der Waals surface area contributed by atoms with Crippen molar-refractivity contribution in [2.24, 2.45) is 7.05 Å². The Kier molecular flexibility index (Phi) is 3.14. The zero-order valence-corrected chi connectivity index (χ0v) is 10.2. The molecule has 0 spiro atoms. The van der Waals surface area contributed by atoms with Crippen LogP contribution in [0.1, 0.15) is 11.1 Å². The van der Waals surface area contributed by atoms with Crippen LogP contribution in [0.3, 0.4) is 0 Å². The number of rotatable bonds is 3. The third-order valence-electron chi connectivity index (χ3n) is 2.36. The Labute approximate surface area is 98.9 Å². The molecular formula is C11H14N4S. The number of hydrogen-bond donors (Lipinski definition) is 1. The van der Waals surface area contributed by atoms with Gasteiger partial charge in [-0.3, -0.25) is 4.57 Å². The Morgan fingerprint density at radius 2 is 1.94 bits per heavy atom. The second-order valence-corrected chi connectivity index (χ2v) is 4.62. The molecule has 0 saturated heterocycles. The average Bonchev–Trinajstić information content (AvgIpc) is 2.60. The highest BCUT2D eigenvalue weighted by Gasteiger charge is 2.05. The Hall–Kier alpha value is -1.49. The van der Waals surface area contributed by atoms with Gasteiger partial charge < -0.3 is 5.73 Å². The van der Waals surface area contributed by atoms with Crippen molar-refractivity contribution < 1.29 is 0 Å². The molecule has 0 aliphatic rings. The lowest BCUT2D eigenvalue weighted by Crippen LogP contribution is -1.98. The van der Waals surface area contributed by atoms with Gasteiger partial charge in [0.1, 0.15) is 0 Å². The van der Waals surface area contributed by atoms with Crippen LogP contribution in [0.4, 0.5) is 5.95 Å². The predicted molar refractivity (Wildman–Crippen MR) is 66.2 cm³/mol. The summed E-state index contributed by atoms with van der Waals surface area (Å²) in [6.07, 6.45) is 0. The maximum absolute atomic E-state index is 5.61. The van der Waals surface area contributed by atoms with Crippen LogP contribution in [0, 0.1) is 6.92 Å². The zero-order chi connectivity index (χ0) is 11.5. The molecule has 0 saturated carbocycles. The molecule has 2 rings (SSSR count). The summed E-state index contributed by atoms with van der Waals surface area (Å²) in [6, 6.07) is 8.48. The van der Waals surface area contributed by atoms with Gasteiger partial charge in [-0.05, 0) is 12.5 Å². The molecule has 1 aromatic carbocycles. The highest BCUT2D eigenvalue weighted by molar-refractivity contribution is 7.98. The normalized spacial score (nSPS) is 10.6. The number of nitrogens with two attached hydrogens (primary N) is 1. The summed E-state index contributed by atoms with van der Waals surface area (Å²) in [5.74, 6) is 1.33. The quantitative estimate of drug-likeness (QED) is 0.825. The van der Waals surface area contributed by atoms with Crippen molar-refractivity contribution in [3.05, 3.63) is 35.4 Å². The second kappa shape index (κ2) is 4.57. The van der Waals surface area contributed by atoms with E-state index in [2.05, 4.69) is 41.4 Å². The fourth-order valence-corrected chi connectivity index (χ4v) is 2.16. The van der Waals surface area contributed by atoms with Crippen molar-refractivity contribution in [3.63, 3.8) is 0 Å². The predicted octanol–water partition coefficient (Wildman–Crippen LogP) is 2.00. The van der Waals surface area contributed by atoms with E-state index in [9.17, 15) is 0 Å². The first kappa shape index (κ1) is 11.0. The van der Waals surface area contributed by atoms with E-state index in [0.29, 0.717) is 5.95 Å².